The van der Waals surface area contributed by atoms with Crippen LogP contribution in [0, 0.1) is 0 Å². The van der Waals surface area contributed by atoms with Crippen LogP contribution in [-0.4, -0.2) is 30.6 Å². The van der Waals surface area contributed by atoms with Crippen molar-refractivity contribution in [1.29, 1.82) is 0 Å². The van der Waals surface area contributed by atoms with Gasteiger partial charge >= 0.3 is 0 Å². The zero-order valence-corrected chi connectivity index (χ0v) is 10.9. The van der Waals surface area contributed by atoms with Crippen molar-refractivity contribution in [1.82, 2.24) is 4.90 Å². The van der Waals surface area contributed by atoms with E-state index in [0.717, 1.165) is 18.0 Å². The maximum absolute atomic E-state index is 5.76. The number of likely N-dealkylation sites (tertiary alicyclic amines) is 1. The molecule has 92 valence electrons. The van der Waals surface area contributed by atoms with Crippen LogP contribution < -0.4 is 4.74 Å². The predicted octanol–water partition coefficient (Wildman–Crippen LogP) is 2.91. The molecule has 1 aliphatic heterocycles. The molecule has 0 amide bonds. The van der Waals surface area contributed by atoms with Gasteiger partial charge in [0, 0.05) is 18.5 Å². The quantitative estimate of drug-likeness (QED) is 0.803. The van der Waals surface area contributed by atoms with Crippen LogP contribution in [-0.2, 0) is 12.4 Å². The van der Waals surface area contributed by atoms with Crippen LogP contribution >= 0.6 is 0 Å². The Labute approximate surface area is 108 Å². The van der Waals surface area contributed by atoms with Gasteiger partial charge in [-0.3, -0.25) is 4.90 Å². The summed E-state index contributed by atoms with van der Waals surface area (Å²) in [7, 11) is 0. The van der Waals surface area contributed by atoms with Crippen LogP contribution in [0.2, 0.25) is 0 Å². The average Bonchev–Trinajstić information content (AvgIpc) is 2.90. The van der Waals surface area contributed by atoms with E-state index in [0.29, 0.717) is 6.04 Å². The van der Waals surface area contributed by atoms with Crippen molar-refractivity contribution in [2.24, 2.45) is 4.36 Å². The Morgan fingerprint density at radius 3 is 2.53 bits per heavy atom. The van der Waals surface area contributed by atoms with Gasteiger partial charge in [-0.15, -0.1) is 0 Å². The van der Waals surface area contributed by atoms with Crippen molar-refractivity contribution >= 4 is 18.1 Å². The van der Waals surface area contributed by atoms with Crippen LogP contribution in [0.3, 0.4) is 0 Å². The third kappa shape index (κ3) is 3.48. The number of ether oxygens (including phenoxy) is 1. The van der Waals surface area contributed by atoms with E-state index in [1.54, 1.807) is 0 Å². The molecule has 1 saturated heterocycles. The largest absolute Gasteiger partial charge is 0.492 e. The van der Waals surface area contributed by atoms with Crippen molar-refractivity contribution < 1.29 is 4.74 Å². The van der Waals surface area contributed by atoms with Crippen LogP contribution in [0.15, 0.2) is 28.6 Å². The van der Waals surface area contributed by atoms with E-state index in [2.05, 4.69) is 28.6 Å². The number of hydrogen-bond donors (Lipinski definition) is 0. The van der Waals surface area contributed by atoms with Crippen molar-refractivity contribution in [3.8, 4) is 5.75 Å². The summed E-state index contributed by atoms with van der Waals surface area (Å²) < 4.78 is 9.45. The number of benzene rings is 1. The standard InChI is InChI=1S/C13H18N2OS/c1-11(15-8-2-3-9-15)10-16-13-6-4-12(14-17)5-7-13/h4-7,11H,2-3,8-10H2,1H3/t11-/m1/s1. The lowest BCUT2D eigenvalue weighted by atomic mass is 10.3. The zero-order valence-electron chi connectivity index (χ0n) is 10.1. The van der Waals surface area contributed by atoms with Crippen LogP contribution in [0.4, 0.5) is 5.69 Å². The second-order valence-corrected chi connectivity index (χ2v) is 4.67. The molecule has 4 heteroatoms. The smallest absolute Gasteiger partial charge is 0.119 e. The van der Waals surface area contributed by atoms with Crippen molar-refractivity contribution in [2.75, 3.05) is 19.7 Å². The Bertz CT molecular complexity index is 360. The highest BCUT2D eigenvalue weighted by atomic mass is 32.1. The molecular formula is C13H18N2OS. The lowest BCUT2D eigenvalue weighted by Crippen LogP contribution is -2.34. The predicted molar refractivity (Wildman–Crippen MR) is 71.7 cm³/mol. The maximum Gasteiger partial charge on any atom is 0.119 e. The summed E-state index contributed by atoms with van der Waals surface area (Å²) in [6.45, 7) is 5.37. The number of hydrogen-bond acceptors (Lipinski definition) is 4. The molecule has 0 radical (unpaired) electrons. The van der Waals surface area contributed by atoms with Crippen molar-refractivity contribution in [3.05, 3.63) is 24.3 Å². The first kappa shape index (κ1) is 12.5. The van der Waals surface area contributed by atoms with E-state index in [4.69, 9.17) is 4.74 Å². The first-order valence-corrected chi connectivity index (χ1v) is 6.46. The minimum absolute atomic E-state index is 0.487. The molecule has 2 rings (SSSR count). The van der Waals surface area contributed by atoms with E-state index < -0.39 is 0 Å². The molecule has 0 saturated carbocycles. The minimum atomic E-state index is 0.487. The van der Waals surface area contributed by atoms with Gasteiger partial charge in [-0.1, -0.05) is 0 Å². The molecule has 1 aromatic carbocycles. The van der Waals surface area contributed by atoms with E-state index in [-0.39, 0.29) is 0 Å². The topological polar surface area (TPSA) is 24.8 Å². The third-order valence-corrected chi connectivity index (χ3v) is 3.41. The van der Waals surface area contributed by atoms with Crippen molar-refractivity contribution in [2.45, 2.75) is 25.8 Å². The molecule has 0 unspecified atom stereocenters. The normalized spacial score (nSPS) is 17.9. The molecule has 1 aliphatic rings. The first-order chi connectivity index (χ1) is 8.29. The summed E-state index contributed by atoms with van der Waals surface area (Å²) in [6.07, 6.45) is 2.64. The van der Waals surface area contributed by atoms with Gasteiger partial charge < -0.3 is 4.74 Å². The fraction of sp³-hybridized carbons (Fsp3) is 0.538. The summed E-state index contributed by atoms with van der Waals surface area (Å²) in [5.41, 5.74) is 0.806. The molecule has 17 heavy (non-hydrogen) atoms. The summed E-state index contributed by atoms with van der Waals surface area (Å²) in [5.74, 6) is 0.887. The minimum Gasteiger partial charge on any atom is -0.492 e. The van der Waals surface area contributed by atoms with Gasteiger partial charge in [0.2, 0.25) is 0 Å². The molecule has 1 fully saturated rings. The highest BCUT2D eigenvalue weighted by Crippen LogP contribution is 2.18. The second kappa shape index (κ2) is 6.07. The Kier molecular flexibility index (Phi) is 4.45. The third-order valence-electron chi connectivity index (χ3n) is 3.20. The van der Waals surface area contributed by atoms with Gasteiger partial charge in [-0.25, -0.2) is 0 Å². The SMILES string of the molecule is C[C@H](COc1ccc(N=S)cc1)N1CCCC1. The van der Waals surface area contributed by atoms with E-state index >= 15 is 0 Å². The Morgan fingerprint density at radius 1 is 1.29 bits per heavy atom. The average molecular weight is 250 g/mol. The fourth-order valence-electron chi connectivity index (χ4n) is 2.11. The van der Waals surface area contributed by atoms with E-state index in [9.17, 15) is 0 Å². The van der Waals surface area contributed by atoms with Crippen LogP contribution in [0.25, 0.3) is 0 Å². The highest BCUT2D eigenvalue weighted by molar-refractivity contribution is 7.47. The van der Waals surface area contributed by atoms with Gasteiger partial charge in [-0.2, -0.15) is 4.36 Å². The molecule has 0 aromatic heterocycles. The Hall–Kier alpha value is -1.00. The molecule has 0 spiro atoms. The lowest BCUT2D eigenvalue weighted by Gasteiger charge is -2.23. The van der Waals surface area contributed by atoms with Gasteiger partial charge in [0.15, 0.2) is 0 Å². The Balaban J connectivity index is 1.81. The summed E-state index contributed by atoms with van der Waals surface area (Å²) in [4.78, 5) is 2.48. The highest BCUT2D eigenvalue weighted by Gasteiger charge is 2.18. The molecule has 3 nitrogen and oxygen atoms in total. The maximum atomic E-state index is 5.76. The van der Waals surface area contributed by atoms with E-state index in [1.165, 1.54) is 25.9 Å². The first-order valence-electron chi connectivity index (χ1n) is 6.10. The van der Waals surface area contributed by atoms with Gasteiger partial charge in [0.25, 0.3) is 0 Å². The van der Waals surface area contributed by atoms with Crippen LogP contribution in [0.5, 0.6) is 5.75 Å². The van der Waals surface area contributed by atoms with Gasteiger partial charge in [0.05, 0.1) is 5.69 Å². The number of nitrogens with zero attached hydrogens (tertiary/aromatic N) is 2. The lowest BCUT2D eigenvalue weighted by molar-refractivity contribution is 0.172. The molecule has 1 atom stereocenters. The van der Waals surface area contributed by atoms with Gasteiger partial charge in [0.1, 0.15) is 12.4 Å². The monoisotopic (exact) mass is 250 g/mol. The van der Waals surface area contributed by atoms with Gasteiger partial charge in [-0.05, 0) is 57.1 Å². The number of rotatable bonds is 5. The molecule has 0 bridgehead atoms. The molecule has 1 heterocycles. The zero-order chi connectivity index (χ0) is 12.1. The molecule has 1 aromatic rings. The van der Waals surface area contributed by atoms with Crippen LogP contribution in [0.1, 0.15) is 19.8 Å². The molecule has 0 aliphatic carbocycles. The summed E-state index contributed by atoms with van der Waals surface area (Å²) in [6, 6.07) is 8.08. The summed E-state index contributed by atoms with van der Waals surface area (Å²) >= 11 is 4.62. The molecular weight excluding hydrogens is 232 g/mol. The van der Waals surface area contributed by atoms with Crippen molar-refractivity contribution in [3.63, 3.8) is 0 Å². The summed E-state index contributed by atoms with van der Waals surface area (Å²) in [5, 5.41) is 0. The Morgan fingerprint density at radius 2 is 1.94 bits per heavy atom. The fourth-order valence-corrected chi connectivity index (χ4v) is 2.23. The second-order valence-electron chi connectivity index (χ2n) is 4.49. The molecule has 0 N–H and O–H groups in total. The van der Waals surface area contributed by atoms with E-state index in [1.807, 2.05) is 24.3 Å².